The van der Waals surface area contributed by atoms with Crippen LogP contribution >= 0.6 is 0 Å². The van der Waals surface area contributed by atoms with Crippen LogP contribution in [0.4, 0.5) is 0 Å². The molecule has 3 nitrogen and oxygen atoms in total. The summed E-state index contributed by atoms with van der Waals surface area (Å²) in [7, 11) is 0. The lowest BCUT2D eigenvalue weighted by molar-refractivity contribution is 0.0696. The molecule has 0 aromatic heterocycles. The van der Waals surface area contributed by atoms with Gasteiger partial charge in [0.2, 0.25) is 0 Å². The van der Waals surface area contributed by atoms with Crippen molar-refractivity contribution in [3.05, 3.63) is 64.7 Å². The van der Waals surface area contributed by atoms with E-state index in [-0.39, 0.29) is 0 Å². The molecule has 0 aliphatic heterocycles. The van der Waals surface area contributed by atoms with Gasteiger partial charge in [0.15, 0.2) is 0 Å². The van der Waals surface area contributed by atoms with Gasteiger partial charge in [-0.1, -0.05) is 30.3 Å². The zero-order valence-electron chi connectivity index (χ0n) is 13.1. The molecule has 0 fully saturated rings. The van der Waals surface area contributed by atoms with Crippen LogP contribution in [-0.4, -0.2) is 17.7 Å². The van der Waals surface area contributed by atoms with Crippen LogP contribution in [-0.2, 0) is 6.42 Å². The summed E-state index contributed by atoms with van der Waals surface area (Å²) in [6.45, 7) is 4.38. The first-order chi connectivity index (χ1) is 10.6. The zero-order valence-corrected chi connectivity index (χ0v) is 13.1. The SMILES string of the molecule is Cc1c(OCCCCc2ccccc2)ccc(C(=O)O)c1C. The lowest BCUT2D eigenvalue weighted by Crippen LogP contribution is -2.05. The Bertz CT molecular complexity index is 633. The lowest BCUT2D eigenvalue weighted by atomic mass is 10.0. The first-order valence-electron chi connectivity index (χ1n) is 7.60. The Morgan fingerprint density at radius 1 is 1.00 bits per heavy atom. The number of ether oxygens (including phenoxy) is 1. The van der Waals surface area contributed by atoms with E-state index in [2.05, 4.69) is 24.3 Å². The third-order valence-electron chi connectivity index (χ3n) is 3.93. The van der Waals surface area contributed by atoms with Crippen LogP contribution in [0.3, 0.4) is 0 Å². The van der Waals surface area contributed by atoms with Gasteiger partial charge in [-0.15, -0.1) is 0 Å². The van der Waals surface area contributed by atoms with Crippen LogP contribution in [0.1, 0.15) is 39.9 Å². The number of rotatable bonds is 7. The lowest BCUT2D eigenvalue weighted by Gasteiger charge is -2.12. The molecule has 22 heavy (non-hydrogen) atoms. The van der Waals surface area contributed by atoms with Gasteiger partial charge in [0, 0.05) is 0 Å². The third kappa shape index (κ3) is 4.10. The molecule has 116 valence electrons. The smallest absolute Gasteiger partial charge is 0.335 e. The number of unbranched alkanes of at least 4 members (excludes halogenated alkanes) is 1. The second-order valence-corrected chi connectivity index (χ2v) is 5.46. The fourth-order valence-corrected chi connectivity index (χ4v) is 2.44. The molecule has 0 aliphatic carbocycles. The van der Waals surface area contributed by atoms with Crippen LogP contribution < -0.4 is 4.74 Å². The summed E-state index contributed by atoms with van der Waals surface area (Å²) >= 11 is 0. The summed E-state index contributed by atoms with van der Waals surface area (Å²) in [5, 5.41) is 9.09. The maximum Gasteiger partial charge on any atom is 0.335 e. The number of aryl methyl sites for hydroxylation is 1. The Balaban J connectivity index is 1.82. The normalized spacial score (nSPS) is 10.5. The quantitative estimate of drug-likeness (QED) is 0.770. The number of hydrogen-bond donors (Lipinski definition) is 1. The number of benzene rings is 2. The van der Waals surface area contributed by atoms with Gasteiger partial charge in [-0.3, -0.25) is 0 Å². The summed E-state index contributed by atoms with van der Waals surface area (Å²) in [5.74, 6) is -0.114. The number of aromatic carboxylic acids is 1. The molecule has 0 spiro atoms. The number of carboxylic acid groups (broad SMARTS) is 1. The highest BCUT2D eigenvalue weighted by molar-refractivity contribution is 5.90. The van der Waals surface area contributed by atoms with E-state index in [1.165, 1.54) is 5.56 Å². The average molecular weight is 298 g/mol. The molecule has 0 heterocycles. The van der Waals surface area contributed by atoms with Crippen LogP contribution in [0.25, 0.3) is 0 Å². The molecule has 2 rings (SSSR count). The maximum absolute atomic E-state index is 11.1. The molecule has 3 heteroatoms. The molecule has 0 radical (unpaired) electrons. The van der Waals surface area contributed by atoms with Crippen molar-refractivity contribution in [1.82, 2.24) is 0 Å². The molecule has 1 N–H and O–H groups in total. The third-order valence-corrected chi connectivity index (χ3v) is 3.93. The molecule has 2 aromatic carbocycles. The second-order valence-electron chi connectivity index (χ2n) is 5.46. The van der Waals surface area contributed by atoms with Crippen LogP contribution in [0.15, 0.2) is 42.5 Å². The van der Waals surface area contributed by atoms with Crippen molar-refractivity contribution in [2.75, 3.05) is 6.61 Å². The number of carboxylic acids is 1. The van der Waals surface area contributed by atoms with Gasteiger partial charge >= 0.3 is 5.97 Å². The van der Waals surface area contributed by atoms with E-state index in [1.807, 2.05) is 19.9 Å². The molecule has 0 aliphatic rings. The summed E-state index contributed by atoms with van der Waals surface area (Å²) < 4.78 is 5.80. The molecule has 0 unspecified atom stereocenters. The van der Waals surface area contributed by atoms with Crippen LogP contribution in [0.5, 0.6) is 5.75 Å². The standard InChI is InChI=1S/C19H22O3/c1-14-15(2)18(12-11-17(14)19(20)21)22-13-7-6-10-16-8-4-3-5-9-16/h3-5,8-9,11-12H,6-7,10,13H2,1-2H3,(H,20,21). The minimum Gasteiger partial charge on any atom is -0.493 e. The minimum absolute atomic E-state index is 0.342. The van der Waals surface area contributed by atoms with Gasteiger partial charge in [0.05, 0.1) is 12.2 Å². The fraction of sp³-hybridized carbons (Fsp3) is 0.316. The summed E-state index contributed by atoms with van der Waals surface area (Å²) in [6.07, 6.45) is 3.11. The highest BCUT2D eigenvalue weighted by Crippen LogP contribution is 2.24. The Kier molecular flexibility index (Phi) is 5.59. The van der Waals surface area contributed by atoms with E-state index >= 15 is 0 Å². The second kappa shape index (κ2) is 7.64. The topological polar surface area (TPSA) is 46.5 Å². The first kappa shape index (κ1) is 16.1. The van der Waals surface area contributed by atoms with E-state index in [4.69, 9.17) is 9.84 Å². The van der Waals surface area contributed by atoms with E-state index in [9.17, 15) is 4.79 Å². The Hall–Kier alpha value is -2.29. The van der Waals surface area contributed by atoms with Gasteiger partial charge in [-0.25, -0.2) is 4.79 Å². The number of carbonyl (C=O) groups is 1. The highest BCUT2D eigenvalue weighted by Gasteiger charge is 2.12. The van der Waals surface area contributed by atoms with Crippen molar-refractivity contribution in [2.45, 2.75) is 33.1 Å². The van der Waals surface area contributed by atoms with Gasteiger partial charge < -0.3 is 9.84 Å². The summed E-state index contributed by atoms with van der Waals surface area (Å²) in [6, 6.07) is 13.8. The van der Waals surface area contributed by atoms with Gasteiger partial charge in [-0.05, 0) is 61.9 Å². The van der Waals surface area contributed by atoms with Crippen LogP contribution in [0.2, 0.25) is 0 Å². The molecule has 0 saturated heterocycles. The van der Waals surface area contributed by atoms with Crippen molar-refractivity contribution in [2.24, 2.45) is 0 Å². The molecule has 2 aromatic rings. The molecule has 0 saturated carbocycles. The Labute approximate surface area is 131 Å². The van der Waals surface area contributed by atoms with E-state index in [1.54, 1.807) is 12.1 Å². The van der Waals surface area contributed by atoms with Gasteiger partial charge in [0.1, 0.15) is 5.75 Å². The van der Waals surface area contributed by atoms with Crippen molar-refractivity contribution in [3.8, 4) is 5.75 Å². The van der Waals surface area contributed by atoms with E-state index < -0.39 is 5.97 Å². The monoisotopic (exact) mass is 298 g/mol. The molecule has 0 amide bonds. The number of hydrogen-bond acceptors (Lipinski definition) is 2. The van der Waals surface area contributed by atoms with Crippen molar-refractivity contribution in [1.29, 1.82) is 0 Å². The van der Waals surface area contributed by atoms with Gasteiger partial charge in [0.25, 0.3) is 0 Å². The van der Waals surface area contributed by atoms with Crippen molar-refractivity contribution >= 4 is 5.97 Å². The molecule has 0 atom stereocenters. The predicted octanol–water partition coefficient (Wildman–Crippen LogP) is 4.40. The maximum atomic E-state index is 11.1. The summed E-state index contributed by atoms with van der Waals surface area (Å²) in [4.78, 5) is 11.1. The minimum atomic E-state index is -0.894. The first-order valence-corrected chi connectivity index (χ1v) is 7.60. The van der Waals surface area contributed by atoms with E-state index in [0.29, 0.717) is 12.2 Å². The highest BCUT2D eigenvalue weighted by atomic mass is 16.5. The van der Waals surface area contributed by atoms with E-state index in [0.717, 1.165) is 36.1 Å². The van der Waals surface area contributed by atoms with Crippen LogP contribution in [0, 0.1) is 13.8 Å². The average Bonchev–Trinajstić information content (AvgIpc) is 2.51. The Morgan fingerprint density at radius 3 is 2.41 bits per heavy atom. The molecular weight excluding hydrogens is 276 g/mol. The summed E-state index contributed by atoms with van der Waals surface area (Å²) in [5.41, 5.74) is 3.37. The zero-order chi connectivity index (χ0) is 15.9. The predicted molar refractivity (Wildman–Crippen MR) is 87.8 cm³/mol. The molecular formula is C19H22O3. The molecule has 0 bridgehead atoms. The largest absolute Gasteiger partial charge is 0.493 e. The van der Waals surface area contributed by atoms with Crippen molar-refractivity contribution in [3.63, 3.8) is 0 Å². The Morgan fingerprint density at radius 2 is 1.73 bits per heavy atom. The fourth-order valence-electron chi connectivity index (χ4n) is 2.44. The van der Waals surface area contributed by atoms with Gasteiger partial charge in [-0.2, -0.15) is 0 Å². The van der Waals surface area contributed by atoms with Crippen molar-refractivity contribution < 1.29 is 14.6 Å².